The second kappa shape index (κ2) is 6.07. The Bertz CT molecular complexity index is 718. The molecular formula is C13H18N4O3S2. The lowest BCUT2D eigenvalue weighted by molar-refractivity contribution is 0.130. The van der Waals surface area contributed by atoms with E-state index in [1.54, 1.807) is 11.3 Å². The smallest absolute Gasteiger partial charge is 0.257 e. The van der Waals surface area contributed by atoms with Gasteiger partial charge in [0.2, 0.25) is 15.9 Å². The molecule has 0 saturated carbocycles. The first-order valence-corrected chi connectivity index (χ1v) is 9.74. The summed E-state index contributed by atoms with van der Waals surface area (Å²) in [7, 11) is -3.11. The predicted octanol–water partition coefficient (Wildman–Crippen LogP) is 1.44. The average Bonchev–Trinajstić information content (AvgIpc) is 3.16. The van der Waals surface area contributed by atoms with E-state index >= 15 is 0 Å². The lowest BCUT2D eigenvalue weighted by Gasteiger charge is -2.35. The molecule has 0 aliphatic carbocycles. The lowest BCUT2D eigenvalue weighted by atomic mass is 10.2. The molecule has 1 aliphatic rings. The van der Waals surface area contributed by atoms with E-state index in [9.17, 15) is 8.42 Å². The van der Waals surface area contributed by atoms with E-state index in [1.165, 1.54) is 10.6 Å². The van der Waals surface area contributed by atoms with E-state index in [0.717, 1.165) is 4.88 Å². The van der Waals surface area contributed by atoms with Gasteiger partial charge in [-0.1, -0.05) is 6.07 Å². The highest BCUT2D eigenvalue weighted by Crippen LogP contribution is 2.27. The number of aromatic nitrogens is 2. The SMILES string of the molecule is CC(c1nnc(-c2cccs2)o1)N1CCN(S(C)(=O)=O)CC1. The van der Waals surface area contributed by atoms with Crippen molar-refractivity contribution in [2.75, 3.05) is 32.4 Å². The van der Waals surface area contributed by atoms with Crippen LogP contribution >= 0.6 is 11.3 Å². The molecule has 120 valence electrons. The van der Waals surface area contributed by atoms with Crippen LogP contribution in [0.1, 0.15) is 18.9 Å². The molecule has 2 aromatic heterocycles. The fraction of sp³-hybridized carbons (Fsp3) is 0.538. The fourth-order valence-corrected chi connectivity index (χ4v) is 3.95. The third-order valence-electron chi connectivity index (χ3n) is 3.82. The molecule has 1 unspecified atom stereocenters. The number of hydrogen-bond acceptors (Lipinski definition) is 7. The Balaban J connectivity index is 1.67. The lowest BCUT2D eigenvalue weighted by Crippen LogP contribution is -2.48. The second-order valence-corrected chi connectivity index (χ2v) is 8.23. The first-order valence-electron chi connectivity index (χ1n) is 7.01. The third-order valence-corrected chi connectivity index (χ3v) is 5.98. The molecule has 1 saturated heterocycles. The third kappa shape index (κ3) is 3.22. The van der Waals surface area contributed by atoms with Gasteiger partial charge in [-0.2, -0.15) is 4.31 Å². The van der Waals surface area contributed by atoms with E-state index in [-0.39, 0.29) is 6.04 Å². The number of piperazine rings is 1. The van der Waals surface area contributed by atoms with Gasteiger partial charge in [0.1, 0.15) is 0 Å². The topological polar surface area (TPSA) is 79.5 Å². The molecule has 0 amide bonds. The maximum atomic E-state index is 11.5. The standard InChI is InChI=1S/C13H18N4O3S2/c1-10(16-5-7-17(8-6-16)22(2,18)19)12-14-15-13(20-12)11-4-3-9-21-11/h3-4,9-10H,5-8H2,1-2H3. The largest absolute Gasteiger partial charge is 0.418 e. The van der Waals surface area contributed by atoms with Crippen molar-refractivity contribution in [3.8, 4) is 10.8 Å². The van der Waals surface area contributed by atoms with Crippen LogP contribution in [-0.2, 0) is 10.0 Å². The van der Waals surface area contributed by atoms with E-state index in [2.05, 4.69) is 15.1 Å². The zero-order valence-electron chi connectivity index (χ0n) is 12.5. The molecule has 0 radical (unpaired) electrons. The molecule has 1 atom stereocenters. The van der Waals surface area contributed by atoms with Gasteiger partial charge in [0.15, 0.2) is 0 Å². The van der Waals surface area contributed by atoms with Crippen LogP contribution in [0.2, 0.25) is 0 Å². The summed E-state index contributed by atoms with van der Waals surface area (Å²) in [5.74, 6) is 1.10. The summed E-state index contributed by atoms with van der Waals surface area (Å²) in [6.07, 6.45) is 1.25. The minimum absolute atomic E-state index is 0.0251. The van der Waals surface area contributed by atoms with Crippen LogP contribution in [0.4, 0.5) is 0 Å². The number of nitrogens with zero attached hydrogens (tertiary/aromatic N) is 4. The molecule has 1 fully saturated rings. The van der Waals surface area contributed by atoms with Gasteiger partial charge in [0, 0.05) is 26.2 Å². The Morgan fingerprint density at radius 2 is 2.00 bits per heavy atom. The van der Waals surface area contributed by atoms with Crippen LogP contribution in [0, 0.1) is 0 Å². The highest BCUT2D eigenvalue weighted by atomic mass is 32.2. The number of sulfonamides is 1. The highest BCUT2D eigenvalue weighted by molar-refractivity contribution is 7.88. The molecule has 0 bridgehead atoms. The summed E-state index contributed by atoms with van der Waals surface area (Å²) in [5, 5.41) is 10.2. The zero-order chi connectivity index (χ0) is 15.7. The van der Waals surface area contributed by atoms with E-state index in [4.69, 9.17) is 4.42 Å². The van der Waals surface area contributed by atoms with Gasteiger partial charge in [-0.05, 0) is 18.4 Å². The van der Waals surface area contributed by atoms with Crippen LogP contribution < -0.4 is 0 Å². The molecule has 0 N–H and O–H groups in total. The van der Waals surface area contributed by atoms with Crippen molar-refractivity contribution in [2.24, 2.45) is 0 Å². The molecule has 7 nitrogen and oxygen atoms in total. The van der Waals surface area contributed by atoms with Crippen molar-refractivity contribution >= 4 is 21.4 Å². The average molecular weight is 342 g/mol. The fourth-order valence-electron chi connectivity index (χ4n) is 2.48. The van der Waals surface area contributed by atoms with Crippen LogP contribution in [0.5, 0.6) is 0 Å². The van der Waals surface area contributed by atoms with Crippen molar-refractivity contribution in [1.82, 2.24) is 19.4 Å². The Morgan fingerprint density at radius 1 is 1.27 bits per heavy atom. The van der Waals surface area contributed by atoms with E-state index in [0.29, 0.717) is 38.0 Å². The number of thiophene rings is 1. The van der Waals surface area contributed by atoms with E-state index in [1.807, 2.05) is 24.4 Å². The van der Waals surface area contributed by atoms with Crippen molar-refractivity contribution in [1.29, 1.82) is 0 Å². The summed E-state index contributed by atoms with van der Waals surface area (Å²) in [4.78, 5) is 3.11. The summed E-state index contributed by atoms with van der Waals surface area (Å²) >= 11 is 1.56. The molecule has 2 aromatic rings. The van der Waals surface area contributed by atoms with E-state index < -0.39 is 10.0 Å². The normalized spacial score (nSPS) is 19.4. The minimum atomic E-state index is -3.11. The second-order valence-electron chi connectivity index (χ2n) is 5.30. The molecule has 3 rings (SSSR count). The Morgan fingerprint density at radius 3 is 2.59 bits per heavy atom. The van der Waals surface area contributed by atoms with Crippen LogP contribution in [0.15, 0.2) is 21.9 Å². The van der Waals surface area contributed by atoms with Gasteiger partial charge in [-0.3, -0.25) is 4.90 Å². The van der Waals surface area contributed by atoms with Crippen molar-refractivity contribution < 1.29 is 12.8 Å². The molecule has 0 spiro atoms. The molecular weight excluding hydrogens is 324 g/mol. The maximum Gasteiger partial charge on any atom is 0.257 e. The zero-order valence-corrected chi connectivity index (χ0v) is 14.1. The Labute approximate surface area is 133 Å². The minimum Gasteiger partial charge on any atom is -0.418 e. The molecule has 22 heavy (non-hydrogen) atoms. The Kier molecular flexibility index (Phi) is 4.31. The Hall–Kier alpha value is -1.29. The number of rotatable bonds is 4. The molecule has 0 aromatic carbocycles. The molecule has 1 aliphatic heterocycles. The molecule has 9 heteroatoms. The van der Waals surface area contributed by atoms with Crippen molar-refractivity contribution in [3.05, 3.63) is 23.4 Å². The summed E-state index contributed by atoms with van der Waals surface area (Å²) in [5.41, 5.74) is 0. The quantitative estimate of drug-likeness (QED) is 0.836. The predicted molar refractivity (Wildman–Crippen MR) is 84.0 cm³/mol. The van der Waals surface area contributed by atoms with Crippen LogP contribution in [0.3, 0.4) is 0 Å². The van der Waals surface area contributed by atoms with Gasteiger partial charge >= 0.3 is 0 Å². The first-order chi connectivity index (χ1) is 10.4. The number of hydrogen-bond donors (Lipinski definition) is 0. The first kappa shape index (κ1) is 15.6. The summed E-state index contributed by atoms with van der Waals surface area (Å²) < 4.78 is 30.3. The van der Waals surface area contributed by atoms with Crippen LogP contribution in [0.25, 0.3) is 10.8 Å². The van der Waals surface area contributed by atoms with Gasteiger partial charge in [0.25, 0.3) is 5.89 Å². The van der Waals surface area contributed by atoms with Gasteiger partial charge < -0.3 is 4.42 Å². The maximum absolute atomic E-state index is 11.5. The summed E-state index contributed by atoms with van der Waals surface area (Å²) in [6.45, 7) is 4.31. The molecule has 3 heterocycles. The van der Waals surface area contributed by atoms with Gasteiger partial charge in [-0.15, -0.1) is 21.5 Å². The summed E-state index contributed by atoms with van der Waals surface area (Å²) in [6, 6.07) is 3.86. The van der Waals surface area contributed by atoms with Crippen LogP contribution in [-0.4, -0.2) is 60.3 Å². The highest BCUT2D eigenvalue weighted by Gasteiger charge is 2.28. The van der Waals surface area contributed by atoms with Crippen molar-refractivity contribution in [2.45, 2.75) is 13.0 Å². The van der Waals surface area contributed by atoms with Gasteiger partial charge in [0.05, 0.1) is 17.2 Å². The monoisotopic (exact) mass is 342 g/mol. The van der Waals surface area contributed by atoms with Gasteiger partial charge in [-0.25, -0.2) is 8.42 Å². The van der Waals surface area contributed by atoms with Crippen molar-refractivity contribution in [3.63, 3.8) is 0 Å².